The molecule has 0 atom stereocenters. The molecule has 0 aliphatic carbocycles. The van der Waals surface area contributed by atoms with Gasteiger partial charge in [0.2, 0.25) is 5.13 Å². The molecule has 0 N–H and O–H groups in total. The van der Waals surface area contributed by atoms with Crippen LogP contribution in [-0.4, -0.2) is 34.5 Å². The van der Waals surface area contributed by atoms with Crippen LogP contribution in [0, 0.1) is 10.1 Å². The van der Waals surface area contributed by atoms with E-state index < -0.39 is 17.4 Å². The van der Waals surface area contributed by atoms with E-state index in [1.165, 1.54) is 7.05 Å². The zero-order valence-electron chi connectivity index (χ0n) is 9.06. The number of likely N-dealkylation sites (N-methyl/N-ethyl adjacent to an activating group) is 1. The quantitative estimate of drug-likeness (QED) is 0.238. The van der Waals surface area contributed by atoms with Crippen LogP contribution in [0.4, 0.5) is 10.1 Å². The normalized spacial score (nSPS) is 9.94. The summed E-state index contributed by atoms with van der Waals surface area (Å²) in [6.07, 6.45) is 1.05. The van der Waals surface area contributed by atoms with Gasteiger partial charge in [-0.25, -0.2) is 4.98 Å². The molecule has 0 spiro atoms. The van der Waals surface area contributed by atoms with E-state index >= 15 is 0 Å². The van der Waals surface area contributed by atoms with Gasteiger partial charge in [0, 0.05) is 7.05 Å². The van der Waals surface area contributed by atoms with Crippen LogP contribution in [0.3, 0.4) is 0 Å². The Morgan fingerprint density at radius 2 is 2.35 bits per heavy atom. The summed E-state index contributed by atoms with van der Waals surface area (Å²) in [6, 6.07) is 0. The van der Waals surface area contributed by atoms with Crippen LogP contribution in [-0.2, 0) is 4.79 Å². The predicted octanol–water partition coefficient (Wildman–Crippen LogP) is -3.26. The van der Waals surface area contributed by atoms with Crippen molar-refractivity contribution in [3.63, 3.8) is 0 Å². The number of aliphatic carboxylic acids is 1. The molecule has 9 nitrogen and oxygen atoms in total. The molecule has 0 radical (unpaired) electrons. The number of carbonyl (C=O) groups is 1. The summed E-state index contributed by atoms with van der Waals surface area (Å²) < 4.78 is 0. The van der Waals surface area contributed by atoms with Crippen LogP contribution in [0.15, 0.2) is 16.5 Å². The van der Waals surface area contributed by atoms with Gasteiger partial charge in [0.1, 0.15) is 6.20 Å². The van der Waals surface area contributed by atoms with Crippen LogP contribution in [0.5, 0.6) is 0 Å². The molecule has 86 valence electrons. The van der Waals surface area contributed by atoms with Crippen molar-refractivity contribution in [3.05, 3.63) is 16.3 Å². The van der Waals surface area contributed by atoms with E-state index in [0.717, 1.165) is 22.5 Å². The Labute approximate surface area is 122 Å². The molecular formula is C6H6N5NaO4S. The molecule has 1 aromatic rings. The van der Waals surface area contributed by atoms with Gasteiger partial charge < -0.3 is 9.90 Å². The molecule has 0 bridgehead atoms. The van der Waals surface area contributed by atoms with E-state index in [-0.39, 0.29) is 39.7 Å². The third kappa shape index (κ3) is 5.68. The average molecular weight is 267 g/mol. The van der Waals surface area contributed by atoms with E-state index in [9.17, 15) is 20.0 Å². The van der Waals surface area contributed by atoms with E-state index in [1.807, 2.05) is 0 Å². The molecule has 0 amide bonds. The van der Waals surface area contributed by atoms with Crippen molar-refractivity contribution >= 4 is 27.4 Å². The third-order valence-electron chi connectivity index (χ3n) is 1.30. The van der Waals surface area contributed by atoms with Crippen molar-refractivity contribution in [2.75, 3.05) is 13.6 Å². The fraction of sp³-hybridized carbons (Fsp3) is 0.333. The van der Waals surface area contributed by atoms with Crippen molar-refractivity contribution in [1.82, 2.24) is 9.99 Å². The van der Waals surface area contributed by atoms with Crippen molar-refractivity contribution in [2.24, 2.45) is 10.3 Å². The molecule has 0 unspecified atom stereocenters. The Bertz CT molecular complexity index is 436. The Kier molecular flexibility index (Phi) is 6.80. The van der Waals surface area contributed by atoms with Crippen LogP contribution in [0.1, 0.15) is 0 Å². The number of hydrogen-bond acceptors (Lipinski definition) is 8. The molecule has 11 heteroatoms. The second-order valence-corrected chi connectivity index (χ2v) is 3.60. The van der Waals surface area contributed by atoms with Gasteiger partial charge in [-0.2, -0.15) is 0 Å². The van der Waals surface area contributed by atoms with Crippen LogP contribution < -0.4 is 34.7 Å². The summed E-state index contributed by atoms with van der Waals surface area (Å²) in [5.74, 6) is -1.30. The summed E-state index contributed by atoms with van der Waals surface area (Å²) in [5, 5.41) is 28.4. The fourth-order valence-electron chi connectivity index (χ4n) is 0.720. The molecule has 0 saturated heterocycles. The number of aromatic nitrogens is 1. The Balaban J connectivity index is 0.00000256. The monoisotopic (exact) mass is 267 g/mol. The predicted molar refractivity (Wildman–Crippen MR) is 50.9 cm³/mol. The number of carboxylic acid groups (broad SMARTS) is 1. The van der Waals surface area contributed by atoms with E-state index in [4.69, 9.17) is 0 Å². The number of thiazole rings is 1. The van der Waals surface area contributed by atoms with E-state index in [2.05, 4.69) is 15.3 Å². The topological polar surface area (TPSA) is 124 Å². The second kappa shape index (κ2) is 7.27. The SMILES string of the molecule is CN(CC(=O)[O-])N=Nc1ncc([N+](=O)[O-])s1.[Na+]. The van der Waals surface area contributed by atoms with Gasteiger partial charge in [-0.15, -0.1) is 5.11 Å². The van der Waals surface area contributed by atoms with Crippen LogP contribution in [0.25, 0.3) is 0 Å². The number of carboxylic acids is 1. The summed E-state index contributed by atoms with van der Waals surface area (Å²) >= 11 is 0.742. The maximum absolute atomic E-state index is 10.3. The number of rotatable bonds is 5. The van der Waals surface area contributed by atoms with Gasteiger partial charge in [0.15, 0.2) is 0 Å². The van der Waals surface area contributed by atoms with Crippen molar-refractivity contribution in [2.45, 2.75) is 0 Å². The smallest absolute Gasteiger partial charge is 0.548 e. The number of nitrogens with zero attached hydrogens (tertiary/aromatic N) is 5. The number of carbonyl (C=O) groups excluding carboxylic acids is 1. The van der Waals surface area contributed by atoms with Crippen molar-refractivity contribution in [3.8, 4) is 0 Å². The zero-order chi connectivity index (χ0) is 12.1. The van der Waals surface area contributed by atoms with Gasteiger partial charge >= 0.3 is 34.6 Å². The molecule has 0 aliphatic heterocycles. The van der Waals surface area contributed by atoms with E-state index in [0.29, 0.717) is 0 Å². The zero-order valence-corrected chi connectivity index (χ0v) is 11.9. The molecule has 0 aromatic carbocycles. The molecule has 1 rings (SSSR count). The van der Waals surface area contributed by atoms with Gasteiger partial charge in [0.05, 0.1) is 17.4 Å². The molecule has 1 heterocycles. The number of hydrogen-bond donors (Lipinski definition) is 0. The summed E-state index contributed by atoms with van der Waals surface area (Å²) in [5.41, 5.74) is 0. The molecule has 0 fully saturated rings. The van der Waals surface area contributed by atoms with E-state index in [1.54, 1.807) is 0 Å². The minimum atomic E-state index is -1.30. The molecule has 0 aliphatic rings. The maximum Gasteiger partial charge on any atom is 1.00 e. The first-order chi connectivity index (χ1) is 7.49. The number of nitro groups is 1. The summed E-state index contributed by atoms with van der Waals surface area (Å²) in [7, 11) is 1.38. The average Bonchev–Trinajstić information content (AvgIpc) is 2.61. The first kappa shape index (κ1) is 15.9. The largest absolute Gasteiger partial charge is 1.00 e. The Morgan fingerprint density at radius 3 is 2.82 bits per heavy atom. The standard InChI is InChI=1S/C6H7N5O4S.Na/c1-10(3-5(12)13)9-8-6-7-2-4(16-6)11(14)15;/h2H,3H2,1H3,(H,12,13);/q;+1/p-1. The van der Waals surface area contributed by atoms with Crippen LogP contribution in [0.2, 0.25) is 0 Å². The molecule has 17 heavy (non-hydrogen) atoms. The van der Waals surface area contributed by atoms with Gasteiger partial charge in [-0.1, -0.05) is 5.22 Å². The van der Waals surface area contributed by atoms with Crippen LogP contribution >= 0.6 is 11.3 Å². The molecule has 1 aromatic heterocycles. The molecule has 0 saturated carbocycles. The van der Waals surface area contributed by atoms with Crippen molar-refractivity contribution in [1.29, 1.82) is 0 Å². The third-order valence-corrected chi connectivity index (χ3v) is 2.14. The van der Waals surface area contributed by atoms with Gasteiger partial charge in [0.25, 0.3) is 0 Å². The Hall–Kier alpha value is -1.10. The second-order valence-electron chi connectivity index (χ2n) is 2.62. The minimum Gasteiger partial charge on any atom is -0.548 e. The van der Waals surface area contributed by atoms with Gasteiger partial charge in [-0.05, 0) is 11.3 Å². The first-order valence-electron chi connectivity index (χ1n) is 3.92. The summed E-state index contributed by atoms with van der Waals surface area (Å²) in [4.78, 5) is 23.5. The minimum absolute atomic E-state index is 0. The fourth-order valence-corrected chi connectivity index (χ4v) is 1.27. The van der Waals surface area contributed by atoms with Crippen molar-refractivity contribution < 1.29 is 44.4 Å². The first-order valence-corrected chi connectivity index (χ1v) is 4.73. The Morgan fingerprint density at radius 1 is 1.71 bits per heavy atom. The summed E-state index contributed by atoms with van der Waals surface area (Å²) in [6.45, 7) is -0.420. The molecular weight excluding hydrogens is 261 g/mol. The maximum atomic E-state index is 10.3. The van der Waals surface area contributed by atoms with Gasteiger partial charge in [-0.3, -0.25) is 15.1 Å².